The molecule has 3 aromatic rings. The van der Waals surface area contributed by atoms with Crippen molar-refractivity contribution in [3.63, 3.8) is 0 Å². The minimum absolute atomic E-state index is 0.168. The van der Waals surface area contributed by atoms with Gasteiger partial charge in [0.05, 0.1) is 5.39 Å². The second kappa shape index (κ2) is 4.66. The molecule has 1 N–H and O–H groups in total. The maximum absolute atomic E-state index is 12.2. The Morgan fingerprint density at radius 2 is 1.95 bits per heavy atom. The molecule has 96 valence electrons. The summed E-state index contributed by atoms with van der Waals surface area (Å²) < 4.78 is 6.56. The number of rotatable bonds is 3. The van der Waals surface area contributed by atoms with Crippen LogP contribution >= 0.6 is 0 Å². The molecule has 3 rings (SSSR count). The van der Waals surface area contributed by atoms with E-state index in [-0.39, 0.29) is 18.7 Å². The van der Waals surface area contributed by atoms with Crippen LogP contribution in [0.5, 0.6) is 0 Å². The van der Waals surface area contributed by atoms with Gasteiger partial charge >= 0.3 is 0 Å². The van der Waals surface area contributed by atoms with Crippen LogP contribution in [-0.2, 0) is 13.2 Å². The first-order valence-corrected chi connectivity index (χ1v) is 5.79. The molecule has 0 aliphatic rings. The highest BCUT2D eigenvalue weighted by Crippen LogP contribution is 2.09. The van der Waals surface area contributed by atoms with E-state index in [0.717, 1.165) is 0 Å². The van der Waals surface area contributed by atoms with Crippen LogP contribution in [0.3, 0.4) is 0 Å². The Morgan fingerprint density at radius 3 is 2.74 bits per heavy atom. The van der Waals surface area contributed by atoms with E-state index in [9.17, 15) is 4.79 Å². The van der Waals surface area contributed by atoms with Crippen molar-refractivity contribution in [2.24, 2.45) is 0 Å². The number of fused-ring (bicyclic) bond motifs is 1. The molecule has 0 amide bonds. The Hall–Kier alpha value is -2.47. The number of hydrogen-bond donors (Lipinski definition) is 1. The van der Waals surface area contributed by atoms with E-state index in [1.807, 2.05) is 0 Å². The first-order chi connectivity index (χ1) is 9.28. The first-order valence-electron chi connectivity index (χ1n) is 5.79. The number of nitrogens with zero attached hydrogens (tertiary/aromatic N) is 3. The lowest BCUT2D eigenvalue weighted by Crippen LogP contribution is -2.24. The summed E-state index contributed by atoms with van der Waals surface area (Å²) in [5.41, 5.74) is 0.354. The van der Waals surface area contributed by atoms with Gasteiger partial charge in [-0.15, -0.1) is 5.10 Å². The summed E-state index contributed by atoms with van der Waals surface area (Å²) in [6, 6.07) is 10.4. The molecule has 2 heterocycles. The van der Waals surface area contributed by atoms with Crippen LogP contribution in [0.2, 0.25) is 0 Å². The van der Waals surface area contributed by atoms with Crippen LogP contribution < -0.4 is 5.56 Å². The molecule has 0 spiro atoms. The highest BCUT2D eigenvalue weighted by atomic mass is 16.4. The molecule has 6 nitrogen and oxygen atoms in total. The molecule has 0 radical (unpaired) electrons. The minimum Gasteiger partial charge on any atom is -0.462 e. The molecule has 0 atom stereocenters. The number of aromatic nitrogens is 3. The predicted molar refractivity (Wildman–Crippen MR) is 67.5 cm³/mol. The Morgan fingerprint density at radius 1 is 1.16 bits per heavy atom. The maximum atomic E-state index is 12.2. The van der Waals surface area contributed by atoms with E-state index < -0.39 is 0 Å². The van der Waals surface area contributed by atoms with Gasteiger partial charge in [-0.25, -0.2) is 4.68 Å². The van der Waals surface area contributed by atoms with Crippen molar-refractivity contribution in [3.05, 3.63) is 58.3 Å². The van der Waals surface area contributed by atoms with E-state index >= 15 is 0 Å². The molecule has 19 heavy (non-hydrogen) atoms. The molecular formula is C13H11N3O3. The third kappa shape index (κ3) is 2.13. The smallest absolute Gasteiger partial charge is 0.278 e. The summed E-state index contributed by atoms with van der Waals surface area (Å²) in [6.07, 6.45) is 0. The zero-order chi connectivity index (χ0) is 13.2. The topological polar surface area (TPSA) is 81.2 Å². The summed E-state index contributed by atoms with van der Waals surface area (Å²) in [5.74, 6) is 1.01. The van der Waals surface area contributed by atoms with Gasteiger partial charge in [0.1, 0.15) is 30.2 Å². The number of aliphatic hydroxyl groups excluding tert-OH is 1. The third-order valence-corrected chi connectivity index (χ3v) is 2.81. The van der Waals surface area contributed by atoms with E-state index in [4.69, 9.17) is 9.52 Å². The van der Waals surface area contributed by atoms with Gasteiger partial charge in [-0.2, -0.15) is 0 Å². The first kappa shape index (κ1) is 11.6. The Bertz CT molecular complexity index is 776. The molecule has 0 fully saturated rings. The summed E-state index contributed by atoms with van der Waals surface area (Å²) in [7, 11) is 0. The lowest BCUT2D eigenvalue weighted by molar-refractivity contribution is 0.242. The molecule has 0 aliphatic heterocycles. The zero-order valence-electron chi connectivity index (χ0n) is 9.98. The van der Waals surface area contributed by atoms with E-state index in [1.165, 1.54) is 4.68 Å². The fourth-order valence-electron chi connectivity index (χ4n) is 1.87. The number of benzene rings is 1. The molecule has 2 aromatic heterocycles. The van der Waals surface area contributed by atoms with Crippen LogP contribution in [0.4, 0.5) is 0 Å². The fourth-order valence-corrected chi connectivity index (χ4v) is 1.87. The maximum Gasteiger partial charge on any atom is 0.278 e. The van der Waals surface area contributed by atoms with Crippen molar-refractivity contribution in [1.29, 1.82) is 0 Å². The number of hydrogen-bond acceptors (Lipinski definition) is 5. The number of furan rings is 1. The van der Waals surface area contributed by atoms with E-state index in [2.05, 4.69) is 10.3 Å². The Kier molecular flexibility index (Phi) is 2.85. The van der Waals surface area contributed by atoms with Crippen molar-refractivity contribution in [2.75, 3.05) is 0 Å². The molecule has 0 unspecified atom stereocenters. The fraction of sp³-hybridized carbons (Fsp3) is 0.154. The molecule has 0 bridgehead atoms. The quantitative estimate of drug-likeness (QED) is 0.754. The van der Waals surface area contributed by atoms with Gasteiger partial charge in [0.15, 0.2) is 0 Å². The van der Waals surface area contributed by atoms with Crippen molar-refractivity contribution in [1.82, 2.24) is 15.0 Å². The summed E-state index contributed by atoms with van der Waals surface area (Å²) in [5, 5.41) is 17.3. The van der Waals surface area contributed by atoms with Crippen LogP contribution in [0.1, 0.15) is 11.5 Å². The van der Waals surface area contributed by atoms with Crippen molar-refractivity contribution in [3.8, 4) is 0 Å². The molecule has 6 heteroatoms. The lowest BCUT2D eigenvalue weighted by Gasteiger charge is -2.02. The second-order valence-corrected chi connectivity index (χ2v) is 4.10. The standard InChI is InChI=1S/C13H11N3O3/c17-8-10-6-5-9(19-10)7-16-13(18)11-3-1-2-4-12(11)14-15-16/h1-6,17H,7-8H2. The van der Waals surface area contributed by atoms with Crippen LogP contribution in [0.25, 0.3) is 10.9 Å². The zero-order valence-corrected chi connectivity index (χ0v) is 9.98. The summed E-state index contributed by atoms with van der Waals surface area (Å²) >= 11 is 0. The van der Waals surface area contributed by atoms with Crippen LogP contribution in [0.15, 0.2) is 45.6 Å². The SMILES string of the molecule is O=c1c2ccccc2nnn1Cc1ccc(CO)o1. The molecular weight excluding hydrogens is 246 g/mol. The van der Waals surface area contributed by atoms with Gasteiger partial charge < -0.3 is 9.52 Å². The van der Waals surface area contributed by atoms with Crippen molar-refractivity contribution in [2.45, 2.75) is 13.2 Å². The summed E-state index contributed by atoms with van der Waals surface area (Å²) in [6.45, 7) is 0.0228. The van der Waals surface area contributed by atoms with Gasteiger partial charge in [-0.3, -0.25) is 4.79 Å². The average molecular weight is 257 g/mol. The number of aliphatic hydroxyl groups is 1. The largest absolute Gasteiger partial charge is 0.462 e. The highest BCUT2D eigenvalue weighted by molar-refractivity contribution is 5.76. The summed E-state index contributed by atoms with van der Waals surface area (Å²) in [4.78, 5) is 12.2. The average Bonchev–Trinajstić information content (AvgIpc) is 2.90. The lowest BCUT2D eigenvalue weighted by atomic mass is 10.2. The van der Waals surface area contributed by atoms with Gasteiger partial charge in [0, 0.05) is 0 Å². The van der Waals surface area contributed by atoms with Crippen LogP contribution in [-0.4, -0.2) is 20.1 Å². The van der Waals surface area contributed by atoms with Gasteiger partial charge in [-0.1, -0.05) is 17.3 Å². The normalized spacial score (nSPS) is 11.0. The molecule has 0 aliphatic carbocycles. The Labute approximate surface area is 107 Å². The monoisotopic (exact) mass is 257 g/mol. The van der Waals surface area contributed by atoms with Crippen molar-refractivity contribution >= 4 is 10.9 Å². The molecule has 0 saturated carbocycles. The van der Waals surface area contributed by atoms with Gasteiger partial charge in [-0.05, 0) is 24.3 Å². The molecule has 0 saturated heterocycles. The highest BCUT2D eigenvalue weighted by Gasteiger charge is 2.08. The predicted octanol–water partition coefficient (Wildman–Crippen LogP) is 0.925. The third-order valence-electron chi connectivity index (χ3n) is 2.81. The minimum atomic E-state index is -0.215. The molecule has 1 aromatic carbocycles. The van der Waals surface area contributed by atoms with Gasteiger partial charge in [0.25, 0.3) is 5.56 Å². The van der Waals surface area contributed by atoms with Crippen molar-refractivity contribution < 1.29 is 9.52 Å². The van der Waals surface area contributed by atoms with Crippen LogP contribution in [0, 0.1) is 0 Å². The van der Waals surface area contributed by atoms with E-state index in [1.54, 1.807) is 36.4 Å². The van der Waals surface area contributed by atoms with E-state index in [0.29, 0.717) is 22.4 Å². The second-order valence-electron chi connectivity index (χ2n) is 4.10. The van der Waals surface area contributed by atoms with Gasteiger partial charge in [0.2, 0.25) is 0 Å². The Balaban J connectivity index is 2.01.